The van der Waals surface area contributed by atoms with E-state index in [1.807, 2.05) is 24.4 Å². The van der Waals surface area contributed by atoms with Gasteiger partial charge in [0.05, 0.1) is 5.69 Å². The highest BCUT2D eigenvalue weighted by Crippen LogP contribution is 2.23. The van der Waals surface area contributed by atoms with Gasteiger partial charge in [0.25, 0.3) is 5.56 Å². The van der Waals surface area contributed by atoms with E-state index in [0.717, 1.165) is 54.3 Å². The minimum atomic E-state index is -0.0141. The molecule has 0 bridgehead atoms. The van der Waals surface area contributed by atoms with Gasteiger partial charge in [-0.3, -0.25) is 18.9 Å². The molecule has 3 aromatic rings. The van der Waals surface area contributed by atoms with Gasteiger partial charge in [0.1, 0.15) is 0 Å². The van der Waals surface area contributed by atoms with E-state index in [2.05, 4.69) is 35.9 Å². The zero-order valence-corrected chi connectivity index (χ0v) is 18.7. The molecular formula is C24H29N3O2S. The van der Waals surface area contributed by atoms with Crippen molar-refractivity contribution in [2.45, 2.75) is 46.6 Å². The number of hydrogen-bond acceptors (Lipinski definition) is 5. The largest absolute Gasteiger partial charge is 0.297 e. The van der Waals surface area contributed by atoms with Crippen LogP contribution in [0, 0.1) is 18.8 Å². The van der Waals surface area contributed by atoms with Crippen molar-refractivity contribution in [2.24, 2.45) is 11.8 Å². The lowest BCUT2D eigenvalue weighted by molar-refractivity contribution is 0.0834. The smallest absolute Gasteiger partial charge is 0.259 e. The fraction of sp³-hybridized carbons (Fsp3) is 0.458. The van der Waals surface area contributed by atoms with E-state index >= 15 is 0 Å². The van der Waals surface area contributed by atoms with Crippen LogP contribution >= 0.6 is 11.3 Å². The maximum Gasteiger partial charge on any atom is 0.259 e. The molecule has 3 heterocycles. The Kier molecular flexibility index (Phi) is 6.16. The number of ketones is 1. The van der Waals surface area contributed by atoms with Crippen LogP contribution in [0.2, 0.25) is 0 Å². The summed E-state index contributed by atoms with van der Waals surface area (Å²) in [4.78, 5) is 33.0. The number of benzene rings is 1. The number of carbonyl (C=O) groups is 1. The molecule has 0 amide bonds. The second-order valence-electron chi connectivity index (χ2n) is 8.79. The first-order chi connectivity index (χ1) is 14.4. The van der Waals surface area contributed by atoms with Crippen molar-refractivity contribution in [1.29, 1.82) is 0 Å². The van der Waals surface area contributed by atoms with Crippen molar-refractivity contribution in [3.8, 4) is 0 Å². The topological polar surface area (TPSA) is 54.7 Å². The highest BCUT2D eigenvalue weighted by Gasteiger charge is 2.26. The van der Waals surface area contributed by atoms with Gasteiger partial charge in [-0.1, -0.05) is 38.1 Å². The summed E-state index contributed by atoms with van der Waals surface area (Å²) in [5.41, 5.74) is 3.84. The van der Waals surface area contributed by atoms with E-state index in [1.54, 1.807) is 10.5 Å². The molecule has 0 N–H and O–H groups in total. The number of fused-ring (bicyclic) bond motifs is 1. The molecule has 0 saturated carbocycles. The maximum atomic E-state index is 12.9. The van der Waals surface area contributed by atoms with Crippen LogP contribution in [-0.2, 0) is 13.0 Å². The van der Waals surface area contributed by atoms with Crippen LogP contribution in [0.1, 0.15) is 54.0 Å². The summed E-state index contributed by atoms with van der Waals surface area (Å²) in [6.45, 7) is 8.70. The lowest BCUT2D eigenvalue weighted by atomic mass is 9.88. The van der Waals surface area contributed by atoms with Gasteiger partial charge in [-0.25, -0.2) is 4.98 Å². The van der Waals surface area contributed by atoms with Crippen LogP contribution in [0.5, 0.6) is 0 Å². The summed E-state index contributed by atoms with van der Waals surface area (Å²) in [5, 5.41) is 1.96. The van der Waals surface area contributed by atoms with Gasteiger partial charge >= 0.3 is 0 Å². The zero-order valence-electron chi connectivity index (χ0n) is 17.9. The van der Waals surface area contributed by atoms with Crippen LogP contribution in [0.15, 0.2) is 40.5 Å². The molecule has 0 radical (unpaired) electrons. The lowest BCUT2D eigenvalue weighted by Crippen LogP contribution is -2.36. The molecule has 1 saturated heterocycles. The van der Waals surface area contributed by atoms with Crippen LogP contribution in [0.25, 0.3) is 4.96 Å². The molecule has 1 fully saturated rings. The van der Waals surface area contributed by atoms with Gasteiger partial charge in [0.15, 0.2) is 10.7 Å². The molecule has 0 unspecified atom stereocenters. The third-order valence-electron chi connectivity index (χ3n) is 5.85. The first-order valence-corrected chi connectivity index (χ1v) is 11.6. The summed E-state index contributed by atoms with van der Waals surface area (Å²) in [6.07, 6.45) is 2.75. The van der Waals surface area contributed by atoms with Gasteiger partial charge in [-0.15, -0.1) is 11.3 Å². The normalized spacial score (nSPS) is 15.9. The van der Waals surface area contributed by atoms with Crippen LogP contribution in [-0.4, -0.2) is 33.2 Å². The molecule has 5 nitrogen and oxygen atoms in total. The monoisotopic (exact) mass is 423 g/mol. The van der Waals surface area contributed by atoms with Crippen molar-refractivity contribution in [3.05, 3.63) is 68.6 Å². The molecule has 6 heteroatoms. The van der Waals surface area contributed by atoms with E-state index in [1.165, 1.54) is 16.9 Å². The SMILES string of the molecule is Cc1csc2nc(CN3CCC(C(=O)c4ccc(CC(C)C)cc4)CC3)cc(=O)n12. The molecule has 0 spiro atoms. The number of hydrogen-bond donors (Lipinski definition) is 0. The number of carbonyl (C=O) groups excluding carboxylic acids is 1. The molecule has 30 heavy (non-hydrogen) atoms. The van der Waals surface area contributed by atoms with E-state index in [0.29, 0.717) is 12.5 Å². The molecule has 158 valence electrons. The molecule has 0 aliphatic carbocycles. The van der Waals surface area contributed by atoms with Gasteiger partial charge in [0.2, 0.25) is 0 Å². The average molecular weight is 424 g/mol. The van der Waals surface area contributed by atoms with Crippen LogP contribution < -0.4 is 5.56 Å². The van der Waals surface area contributed by atoms with Crippen LogP contribution in [0.3, 0.4) is 0 Å². The number of piperidine rings is 1. The first kappa shape index (κ1) is 20.9. The molecule has 1 aromatic carbocycles. The van der Waals surface area contributed by atoms with Crippen LogP contribution in [0.4, 0.5) is 0 Å². The van der Waals surface area contributed by atoms with E-state index < -0.39 is 0 Å². The van der Waals surface area contributed by atoms with Crippen molar-refractivity contribution >= 4 is 22.1 Å². The lowest BCUT2D eigenvalue weighted by Gasteiger charge is -2.31. The van der Waals surface area contributed by atoms with Gasteiger partial charge in [-0.05, 0) is 50.8 Å². The Hall–Kier alpha value is -2.31. The Morgan fingerprint density at radius 1 is 1.20 bits per heavy atom. The number of thiazole rings is 1. The Morgan fingerprint density at radius 3 is 2.57 bits per heavy atom. The number of aromatic nitrogens is 2. The molecule has 1 aliphatic heterocycles. The number of nitrogens with zero attached hydrogens (tertiary/aromatic N) is 3. The third kappa shape index (κ3) is 4.55. The predicted molar refractivity (Wildman–Crippen MR) is 121 cm³/mol. The van der Waals surface area contributed by atoms with E-state index in [9.17, 15) is 9.59 Å². The Bertz CT molecular complexity index is 1090. The fourth-order valence-electron chi connectivity index (χ4n) is 4.28. The molecule has 1 aliphatic rings. The Labute approximate surface area is 181 Å². The van der Waals surface area contributed by atoms with E-state index in [-0.39, 0.29) is 17.3 Å². The van der Waals surface area contributed by atoms with Gasteiger partial charge in [-0.2, -0.15) is 0 Å². The highest BCUT2D eigenvalue weighted by molar-refractivity contribution is 7.15. The number of aryl methyl sites for hydroxylation is 1. The third-order valence-corrected chi connectivity index (χ3v) is 6.80. The maximum absolute atomic E-state index is 12.9. The van der Waals surface area contributed by atoms with Crippen molar-refractivity contribution in [2.75, 3.05) is 13.1 Å². The van der Waals surface area contributed by atoms with Gasteiger partial charge in [0, 0.05) is 35.2 Å². The first-order valence-electron chi connectivity index (χ1n) is 10.7. The molecule has 2 aromatic heterocycles. The fourth-order valence-corrected chi connectivity index (χ4v) is 5.17. The minimum absolute atomic E-state index is 0.0141. The quantitative estimate of drug-likeness (QED) is 0.553. The second kappa shape index (κ2) is 8.82. The number of Topliss-reactive ketones (excluding diaryl/α,β-unsaturated/α-hetero) is 1. The summed E-state index contributed by atoms with van der Waals surface area (Å²) >= 11 is 1.50. The van der Waals surface area contributed by atoms with Gasteiger partial charge < -0.3 is 0 Å². The summed E-state index contributed by atoms with van der Waals surface area (Å²) in [7, 11) is 0. The Balaban J connectivity index is 1.35. The predicted octanol–water partition coefficient (Wildman–Crippen LogP) is 4.36. The molecule has 0 atom stereocenters. The zero-order chi connectivity index (χ0) is 21.3. The standard InChI is InChI=1S/C24H29N3O2S/c1-16(2)12-18-4-6-19(7-5-18)23(29)20-8-10-26(11-9-20)14-21-13-22(28)27-17(3)15-30-24(27)25-21/h4-7,13,15-16,20H,8-12,14H2,1-3H3. The molecule has 4 rings (SSSR count). The number of likely N-dealkylation sites (tertiary alicyclic amines) is 1. The highest BCUT2D eigenvalue weighted by atomic mass is 32.1. The van der Waals surface area contributed by atoms with Crippen molar-refractivity contribution < 1.29 is 4.79 Å². The second-order valence-corrected chi connectivity index (χ2v) is 9.63. The Morgan fingerprint density at radius 2 is 1.90 bits per heavy atom. The summed E-state index contributed by atoms with van der Waals surface area (Å²) in [6, 6.07) is 9.80. The van der Waals surface area contributed by atoms with E-state index in [4.69, 9.17) is 0 Å². The van der Waals surface area contributed by atoms with Crippen molar-refractivity contribution in [3.63, 3.8) is 0 Å². The summed E-state index contributed by atoms with van der Waals surface area (Å²) < 4.78 is 1.66. The van der Waals surface area contributed by atoms with Crippen molar-refractivity contribution in [1.82, 2.24) is 14.3 Å². The average Bonchev–Trinajstić information content (AvgIpc) is 3.09. The summed E-state index contributed by atoms with van der Waals surface area (Å²) in [5.74, 6) is 0.960. The molecular weight excluding hydrogens is 394 g/mol. The number of rotatable bonds is 6. The minimum Gasteiger partial charge on any atom is -0.297 e.